The van der Waals surface area contributed by atoms with Gasteiger partial charge in [0.15, 0.2) is 5.76 Å². The number of benzene rings is 1. The van der Waals surface area contributed by atoms with Crippen molar-refractivity contribution in [1.29, 1.82) is 0 Å². The summed E-state index contributed by atoms with van der Waals surface area (Å²) in [6.07, 6.45) is 3.63. The lowest BCUT2D eigenvalue weighted by Crippen LogP contribution is -2.45. The number of aromatic nitrogens is 1. The summed E-state index contributed by atoms with van der Waals surface area (Å²) in [6, 6.07) is 6.60. The lowest BCUT2D eigenvalue weighted by molar-refractivity contribution is 0.126. The zero-order valence-electron chi connectivity index (χ0n) is 13.9. The molecule has 0 atom stereocenters. The Morgan fingerprint density at radius 1 is 1.20 bits per heavy atom. The molecule has 1 aromatic carbocycles. The topological polar surface area (TPSA) is 61.6 Å². The number of nitrogens with one attached hydrogen (secondary N) is 1. The first-order valence-corrected chi connectivity index (χ1v) is 8.66. The van der Waals surface area contributed by atoms with Crippen LogP contribution >= 0.6 is 0 Å². The standard InChI is InChI=1S/C18H21FN4O2/c19-14-3-1-13(2-4-14)16-11-21-17(25-16)12-22-8-5-15(6-9-22)23-10-7-20-18(23)24/h1-4,11,15H,5-10,12H2,(H,20,24). The van der Waals surface area contributed by atoms with Crippen molar-refractivity contribution in [1.82, 2.24) is 20.1 Å². The molecule has 2 saturated heterocycles. The molecule has 1 N–H and O–H groups in total. The van der Waals surface area contributed by atoms with Crippen molar-refractivity contribution in [2.24, 2.45) is 0 Å². The van der Waals surface area contributed by atoms with Crippen LogP contribution in [0.15, 0.2) is 34.9 Å². The number of likely N-dealkylation sites (tertiary alicyclic amines) is 1. The molecule has 0 aliphatic carbocycles. The minimum absolute atomic E-state index is 0.0649. The molecule has 132 valence electrons. The fraction of sp³-hybridized carbons (Fsp3) is 0.444. The molecule has 0 unspecified atom stereocenters. The molecule has 2 aliphatic rings. The van der Waals surface area contributed by atoms with E-state index < -0.39 is 0 Å². The Morgan fingerprint density at radius 2 is 1.96 bits per heavy atom. The van der Waals surface area contributed by atoms with E-state index in [4.69, 9.17) is 4.42 Å². The van der Waals surface area contributed by atoms with E-state index in [9.17, 15) is 9.18 Å². The number of hydrogen-bond donors (Lipinski definition) is 1. The SMILES string of the molecule is O=C1NCCN1C1CCN(Cc2ncc(-c3ccc(F)cc3)o2)CC1. The average molecular weight is 344 g/mol. The Labute approximate surface area is 145 Å². The van der Waals surface area contributed by atoms with Crippen molar-refractivity contribution < 1.29 is 13.6 Å². The van der Waals surface area contributed by atoms with E-state index in [1.807, 2.05) is 4.90 Å². The van der Waals surface area contributed by atoms with Gasteiger partial charge >= 0.3 is 6.03 Å². The number of nitrogens with zero attached hydrogens (tertiary/aromatic N) is 3. The highest BCUT2D eigenvalue weighted by Gasteiger charge is 2.30. The Balaban J connectivity index is 1.33. The molecular weight excluding hydrogens is 323 g/mol. The average Bonchev–Trinajstić information content (AvgIpc) is 3.26. The molecular formula is C18H21FN4O2. The highest BCUT2D eigenvalue weighted by Crippen LogP contribution is 2.23. The molecule has 2 amide bonds. The summed E-state index contributed by atoms with van der Waals surface area (Å²) >= 11 is 0. The van der Waals surface area contributed by atoms with Crippen LogP contribution in [0.1, 0.15) is 18.7 Å². The molecule has 0 saturated carbocycles. The van der Waals surface area contributed by atoms with Crippen molar-refractivity contribution in [2.45, 2.75) is 25.4 Å². The minimum atomic E-state index is -0.266. The normalized spacial score (nSPS) is 19.4. The van der Waals surface area contributed by atoms with Gasteiger partial charge in [-0.25, -0.2) is 14.2 Å². The zero-order valence-corrected chi connectivity index (χ0v) is 13.9. The van der Waals surface area contributed by atoms with Gasteiger partial charge in [-0.15, -0.1) is 0 Å². The fourth-order valence-electron chi connectivity index (χ4n) is 3.55. The Kier molecular flexibility index (Phi) is 4.40. The smallest absolute Gasteiger partial charge is 0.317 e. The lowest BCUT2D eigenvalue weighted by atomic mass is 10.0. The van der Waals surface area contributed by atoms with Gasteiger partial charge in [-0.2, -0.15) is 0 Å². The number of piperidine rings is 1. The van der Waals surface area contributed by atoms with Crippen LogP contribution < -0.4 is 5.32 Å². The molecule has 6 nitrogen and oxygen atoms in total. The van der Waals surface area contributed by atoms with Gasteiger partial charge in [0.05, 0.1) is 12.7 Å². The van der Waals surface area contributed by atoms with Gasteiger partial charge < -0.3 is 14.6 Å². The summed E-state index contributed by atoms with van der Waals surface area (Å²) < 4.78 is 18.8. The Bertz CT molecular complexity index is 738. The van der Waals surface area contributed by atoms with Crippen LogP contribution in [0, 0.1) is 5.82 Å². The van der Waals surface area contributed by atoms with Gasteiger partial charge in [0.25, 0.3) is 0 Å². The number of amides is 2. The van der Waals surface area contributed by atoms with Gasteiger partial charge in [-0.1, -0.05) is 0 Å². The number of carbonyl (C=O) groups excluding carboxylic acids is 1. The minimum Gasteiger partial charge on any atom is -0.439 e. The Morgan fingerprint density at radius 3 is 2.64 bits per heavy atom. The van der Waals surface area contributed by atoms with Crippen LogP contribution in [0.3, 0.4) is 0 Å². The molecule has 2 fully saturated rings. The predicted molar refractivity (Wildman–Crippen MR) is 90.3 cm³/mol. The Hall–Kier alpha value is -2.41. The van der Waals surface area contributed by atoms with Gasteiger partial charge in [0, 0.05) is 37.8 Å². The van der Waals surface area contributed by atoms with Crippen molar-refractivity contribution in [3.63, 3.8) is 0 Å². The molecule has 25 heavy (non-hydrogen) atoms. The van der Waals surface area contributed by atoms with E-state index in [0.717, 1.165) is 44.6 Å². The lowest BCUT2D eigenvalue weighted by Gasteiger charge is -2.35. The maximum Gasteiger partial charge on any atom is 0.317 e. The molecule has 2 aromatic rings. The van der Waals surface area contributed by atoms with Crippen LogP contribution in [-0.4, -0.2) is 53.0 Å². The van der Waals surface area contributed by atoms with E-state index in [2.05, 4.69) is 15.2 Å². The van der Waals surface area contributed by atoms with Crippen molar-refractivity contribution in [2.75, 3.05) is 26.2 Å². The molecule has 0 bridgehead atoms. The maximum absolute atomic E-state index is 13.0. The second-order valence-corrected chi connectivity index (χ2v) is 6.56. The molecule has 4 rings (SSSR count). The molecule has 3 heterocycles. The second kappa shape index (κ2) is 6.84. The van der Waals surface area contributed by atoms with Gasteiger partial charge in [-0.05, 0) is 37.1 Å². The maximum atomic E-state index is 13.0. The third-order valence-corrected chi connectivity index (χ3v) is 4.93. The highest BCUT2D eigenvalue weighted by molar-refractivity contribution is 5.76. The summed E-state index contributed by atoms with van der Waals surface area (Å²) in [5, 5.41) is 2.86. The molecule has 0 radical (unpaired) electrons. The van der Waals surface area contributed by atoms with Crippen molar-refractivity contribution in [3.8, 4) is 11.3 Å². The summed E-state index contributed by atoms with van der Waals surface area (Å²) in [6.45, 7) is 4.05. The fourth-order valence-corrected chi connectivity index (χ4v) is 3.55. The van der Waals surface area contributed by atoms with E-state index in [1.165, 1.54) is 12.1 Å². The first-order valence-electron chi connectivity index (χ1n) is 8.66. The number of oxazole rings is 1. The van der Waals surface area contributed by atoms with Gasteiger partial charge in [0.2, 0.25) is 5.89 Å². The quantitative estimate of drug-likeness (QED) is 0.926. The number of urea groups is 1. The van der Waals surface area contributed by atoms with Gasteiger partial charge in [-0.3, -0.25) is 4.90 Å². The monoisotopic (exact) mass is 344 g/mol. The first kappa shape index (κ1) is 16.1. The molecule has 0 spiro atoms. The summed E-state index contributed by atoms with van der Waals surface area (Å²) in [4.78, 5) is 20.3. The summed E-state index contributed by atoms with van der Waals surface area (Å²) in [5.41, 5.74) is 0.818. The predicted octanol–water partition coefficient (Wildman–Crippen LogP) is 2.47. The third-order valence-electron chi connectivity index (χ3n) is 4.93. The van der Waals surface area contributed by atoms with Crippen LogP contribution in [0.25, 0.3) is 11.3 Å². The first-order chi connectivity index (χ1) is 12.2. The summed E-state index contributed by atoms with van der Waals surface area (Å²) in [5.74, 6) is 1.05. The molecule has 1 aromatic heterocycles. The van der Waals surface area contributed by atoms with E-state index in [0.29, 0.717) is 24.2 Å². The number of hydrogen-bond acceptors (Lipinski definition) is 4. The van der Waals surface area contributed by atoms with E-state index in [-0.39, 0.29) is 11.8 Å². The largest absolute Gasteiger partial charge is 0.439 e. The van der Waals surface area contributed by atoms with E-state index >= 15 is 0 Å². The van der Waals surface area contributed by atoms with Crippen molar-refractivity contribution >= 4 is 6.03 Å². The number of halogens is 1. The van der Waals surface area contributed by atoms with Crippen molar-refractivity contribution in [3.05, 3.63) is 42.2 Å². The summed E-state index contributed by atoms with van der Waals surface area (Å²) in [7, 11) is 0. The van der Waals surface area contributed by atoms with E-state index in [1.54, 1.807) is 18.3 Å². The highest BCUT2D eigenvalue weighted by atomic mass is 19.1. The molecule has 2 aliphatic heterocycles. The van der Waals surface area contributed by atoms with Gasteiger partial charge in [0.1, 0.15) is 5.82 Å². The van der Waals surface area contributed by atoms with Crippen LogP contribution in [0.2, 0.25) is 0 Å². The van der Waals surface area contributed by atoms with Crippen LogP contribution in [-0.2, 0) is 6.54 Å². The second-order valence-electron chi connectivity index (χ2n) is 6.56. The van der Waals surface area contributed by atoms with Crippen LogP contribution in [0.5, 0.6) is 0 Å². The third kappa shape index (κ3) is 3.51. The number of carbonyl (C=O) groups is 1. The zero-order chi connectivity index (χ0) is 17.2. The van der Waals surface area contributed by atoms with Crippen LogP contribution in [0.4, 0.5) is 9.18 Å². The number of rotatable bonds is 4. The molecule has 7 heteroatoms.